The number of aryl methyl sites for hydroxylation is 1. The summed E-state index contributed by atoms with van der Waals surface area (Å²) in [7, 11) is 0. The van der Waals surface area contributed by atoms with Gasteiger partial charge in [0.05, 0.1) is 15.6 Å². The Morgan fingerprint density at radius 3 is 2.84 bits per heavy atom. The lowest BCUT2D eigenvalue weighted by Crippen LogP contribution is -2.00. The highest BCUT2D eigenvalue weighted by atomic mass is 35.5. The van der Waals surface area contributed by atoms with E-state index < -0.39 is 4.92 Å². The van der Waals surface area contributed by atoms with E-state index in [1.807, 2.05) is 0 Å². The molecule has 2 aromatic rings. The third-order valence-corrected chi connectivity index (χ3v) is 2.69. The van der Waals surface area contributed by atoms with Crippen molar-refractivity contribution in [2.24, 2.45) is 5.11 Å². The van der Waals surface area contributed by atoms with Crippen LogP contribution in [0.15, 0.2) is 29.4 Å². The summed E-state index contributed by atoms with van der Waals surface area (Å²) >= 11 is 6.00. The molecular weight excluding hydrogens is 272 g/mol. The number of non-ortho nitro benzene ring substituents is 1. The van der Waals surface area contributed by atoms with Gasteiger partial charge in [-0.25, -0.2) is 4.68 Å². The first-order valence-electron chi connectivity index (χ1n) is 5.09. The first-order chi connectivity index (χ1) is 9.02. The Morgan fingerprint density at radius 1 is 1.53 bits per heavy atom. The zero-order valence-corrected chi connectivity index (χ0v) is 10.4. The summed E-state index contributed by atoms with van der Waals surface area (Å²) in [5.41, 5.74) is 9.42. The van der Waals surface area contributed by atoms with Crippen LogP contribution in [-0.2, 0) is 0 Å². The first kappa shape index (κ1) is 12.9. The minimum Gasteiger partial charge on any atom is -0.258 e. The summed E-state index contributed by atoms with van der Waals surface area (Å²) < 4.78 is 1.45. The quantitative estimate of drug-likeness (QED) is 0.281. The molecule has 0 aliphatic rings. The van der Waals surface area contributed by atoms with Gasteiger partial charge >= 0.3 is 0 Å². The Bertz CT molecular complexity index is 704. The summed E-state index contributed by atoms with van der Waals surface area (Å²) in [4.78, 5) is 12.7. The Morgan fingerprint density at radius 2 is 2.26 bits per heavy atom. The molecule has 0 N–H and O–H groups in total. The van der Waals surface area contributed by atoms with Crippen LogP contribution in [0.25, 0.3) is 16.1 Å². The molecule has 1 aromatic heterocycles. The molecule has 0 atom stereocenters. The van der Waals surface area contributed by atoms with Crippen molar-refractivity contribution in [2.75, 3.05) is 0 Å². The van der Waals surface area contributed by atoms with Gasteiger partial charge in [0.15, 0.2) is 0 Å². The van der Waals surface area contributed by atoms with Crippen LogP contribution in [0.2, 0.25) is 5.02 Å². The standard InChI is InChI=1S/C10H7ClN6O2/c1-6-4-10(13-15-12)14-16(6)9-3-2-7(17(18)19)5-8(9)11/h2-5H,1H3. The number of halogens is 1. The lowest BCUT2D eigenvalue weighted by molar-refractivity contribution is -0.384. The third-order valence-electron chi connectivity index (χ3n) is 2.39. The summed E-state index contributed by atoms with van der Waals surface area (Å²) in [6.07, 6.45) is 0. The van der Waals surface area contributed by atoms with E-state index in [9.17, 15) is 10.1 Å². The van der Waals surface area contributed by atoms with Gasteiger partial charge in [-0.05, 0) is 29.7 Å². The van der Waals surface area contributed by atoms with Crippen molar-refractivity contribution >= 4 is 23.1 Å². The van der Waals surface area contributed by atoms with Gasteiger partial charge in [-0.3, -0.25) is 10.1 Å². The topological polar surface area (TPSA) is 110 Å². The molecule has 9 heteroatoms. The van der Waals surface area contributed by atoms with E-state index in [0.717, 1.165) is 0 Å². The molecule has 1 aromatic carbocycles. The lowest BCUT2D eigenvalue weighted by atomic mass is 10.3. The van der Waals surface area contributed by atoms with Crippen molar-refractivity contribution in [3.63, 3.8) is 0 Å². The molecule has 19 heavy (non-hydrogen) atoms. The van der Waals surface area contributed by atoms with E-state index >= 15 is 0 Å². The van der Waals surface area contributed by atoms with Gasteiger partial charge in [0.25, 0.3) is 5.69 Å². The minimum atomic E-state index is -0.531. The Kier molecular flexibility index (Phi) is 3.37. The van der Waals surface area contributed by atoms with E-state index in [4.69, 9.17) is 17.1 Å². The van der Waals surface area contributed by atoms with E-state index in [2.05, 4.69) is 15.1 Å². The molecule has 8 nitrogen and oxygen atoms in total. The molecule has 0 aliphatic carbocycles. The summed E-state index contributed by atoms with van der Waals surface area (Å²) in [6.45, 7) is 1.75. The first-order valence-corrected chi connectivity index (χ1v) is 5.47. The summed E-state index contributed by atoms with van der Waals surface area (Å²) in [5, 5.41) is 18.2. The molecule has 0 amide bonds. The number of azide groups is 1. The number of rotatable bonds is 3. The number of hydrogen-bond acceptors (Lipinski definition) is 4. The largest absolute Gasteiger partial charge is 0.271 e. The van der Waals surface area contributed by atoms with Crippen molar-refractivity contribution in [3.05, 3.63) is 55.5 Å². The number of aromatic nitrogens is 2. The van der Waals surface area contributed by atoms with Crippen molar-refractivity contribution in [1.29, 1.82) is 0 Å². The van der Waals surface area contributed by atoms with Crippen molar-refractivity contribution in [2.45, 2.75) is 6.92 Å². The second-order valence-corrected chi connectivity index (χ2v) is 4.05. The van der Waals surface area contributed by atoms with Gasteiger partial charge in [-0.15, -0.1) is 0 Å². The number of benzene rings is 1. The predicted molar refractivity (Wildman–Crippen MR) is 68.8 cm³/mol. The van der Waals surface area contributed by atoms with Crippen LogP contribution in [-0.4, -0.2) is 14.7 Å². The molecule has 0 saturated heterocycles. The highest BCUT2D eigenvalue weighted by Gasteiger charge is 2.13. The van der Waals surface area contributed by atoms with E-state index in [1.165, 1.54) is 22.9 Å². The lowest BCUT2D eigenvalue weighted by Gasteiger charge is -2.06. The maximum absolute atomic E-state index is 10.6. The van der Waals surface area contributed by atoms with Gasteiger partial charge in [0, 0.05) is 22.7 Å². The summed E-state index contributed by atoms with van der Waals surface area (Å²) in [5.74, 6) is 0.203. The Balaban J connectivity index is 2.53. The van der Waals surface area contributed by atoms with Crippen molar-refractivity contribution < 1.29 is 4.92 Å². The van der Waals surface area contributed by atoms with Crippen LogP contribution < -0.4 is 0 Å². The molecule has 0 unspecified atom stereocenters. The fourth-order valence-electron chi connectivity index (χ4n) is 1.58. The van der Waals surface area contributed by atoms with Gasteiger partial charge in [0.2, 0.25) is 0 Å². The fraction of sp³-hybridized carbons (Fsp3) is 0.100. The fourth-order valence-corrected chi connectivity index (χ4v) is 1.83. The second-order valence-electron chi connectivity index (χ2n) is 3.64. The van der Waals surface area contributed by atoms with E-state index in [-0.39, 0.29) is 16.5 Å². The highest BCUT2D eigenvalue weighted by molar-refractivity contribution is 6.32. The van der Waals surface area contributed by atoms with Crippen LogP contribution in [0, 0.1) is 17.0 Å². The number of nitrogens with zero attached hydrogens (tertiary/aromatic N) is 6. The normalized spacial score (nSPS) is 10.0. The zero-order valence-electron chi connectivity index (χ0n) is 9.69. The molecule has 96 valence electrons. The molecular formula is C10H7ClN6O2. The number of hydrogen-bond donors (Lipinski definition) is 0. The van der Waals surface area contributed by atoms with Crippen LogP contribution in [0.1, 0.15) is 5.69 Å². The monoisotopic (exact) mass is 278 g/mol. The SMILES string of the molecule is Cc1cc(N=[N+]=[N-])nn1-c1ccc([N+](=O)[O-])cc1Cl. The Labute approximate surface area is 112 Å². The van der Waals surface area contributed by atoms with Crippen LogP contribution >= 0.6 is 11.6 Å². The molecule has 1 heterocycles. The van der Waals surface area contributed by atoms with Gasteiger partial charge < -0.3 is 0 Å². The number of nitro groups is 1. The molecule has 0 fully saturated rings. The highest BCUT2D eigenvalue weighted by Crippen LogP contribution is 2.27. The minimum absolute atomic E-state index is 0.103. The average molecular weight is 279 g/mol. The maximum atomic E-state index is 10.6. The molecule has 2 rings (SSSR count). The summed E-state index contributed by atoms with van der Waals surface area (Å²) in [6, 6.07) is 5.64. The van der Waals surface area contributed by atoms with Crippen LogP contribution in [0.5, 0.6) is 0 Å². The number of nitro benzene ring substituents is 1. The average Bonchev–Trinajstić information content (AvgIpc) is 2.70. The molecule has 0 aliphatic heterocycles. The third kappa shape index (κ3) is 2.49. The van der Waals surface area contributed by atoms with Gasteiger partial charge in [-0.2, -0.15) is 5.10 Å². The molecule has 0 saturated carbocycles. The van der Waals surface area contributed by atoms with E-state index in [0.29, 0.717) is 11.4 Å². The van der Waals surface area contributed by atoms with Gasteiger partial charge in [-0.1, -0.05) is 11.6 Å². The van der Waals surface area contributed by atoms with Gasteiger partial charge in [0.1, 0.15) is 5.82 Å². The predicted octanol–water partition coefficient (Wildman–Crippen LogP) is 3.68. The van der Waals surface area contributed by atoms with Crippen molar-refractivity contribution in [3.8, 4) is 5.69 Å². The smallest absolute Gasteiger partial charge is 0.258 e. The zero-order chi connectivity index (χ0) is 14.0. The Hall–Kier alpha value is -2.57. The molecule has 0 spiro atoms. The molecule has 0 bridgehead atoms. The van der Waals surface area contributed by atoms with Crippen LogP contribution in [0.3, 0.4) is 0 Å². The second kappa shape index (κ2) is 4.97. The van der Waals surface area contributed by atoms with Crippen LogP contribution in [0.4, 0.5) is 11.5 Å². The van der Waals surface area contributed by atoms with Crippen molar-refractivity contribution in [1.82, 2.24) is 9.78 Å². The maximum Gasteiger partial charge on any atom is 0.271 e. The van der Waals surface area contributed by atoms with E-state index in [1.54, 1.807) is 13.0 Å². The molecule has 0 radical (unpaired) electrons.